The van der Waals surface area contributed by atoms with Crippen molar-refractivity contribution in [3.05, 3.63) is 24.3 Å². The minimum absolute atomic E-state index is 0.0538. The van der Waals surface area contributed by atoms with Crippen LogP contribution in [0.15, 0.2) is 24.3 Å². The number of amides is 2. The Kier molecular flexibility index (Phi) is 5.31. The number of nitrogens with one attached hydrogen (secondary N) is 1. The zero-order valence-corrected chi connectivity index (χ0v) is 13.1. The molecule has 1 fully saturated rings. The van der Waals surface area contributed by atoms with Gasteiger partial charge in [0.05, 0.1) is 7.11 Å². The number of benzene rings is 1. The maximum atomic E-state index is 12.0. The number of urea groups is 1. The summed E-state index contributed by atoms with van der Waals surface area (Å²) < 4.78 is 5.17. The number of hydrogen-bond donors (Lipinski definition) is 1. The molecule has 0 aromatic heterocycles. The summed E-state index contributed by atoms with van der Waals surface area (Å²) in [4.78, 5) is 16.2. The van der Waals surface area contributed by atoms with E-state index in [-0.39, 0.29) is 6.03 Å². The van der Waals surface area contributed by atoms with Gasteiger partial charge in [0.2, 0.25) is 0 Å². The van der Waals surface area contributed by atoms with E-state index in [4.69, 9.17) is 4.74 Å². The van der Waals surface area contributed by atoms with E-state index in [0.717, 1.165) is 38.5 Å². The molecule has 2 rings (SSSR count). The molecule has 5 heteroatoms. The summed E-state index contributed by atoms with van der Waals surface area (Å²) in [5.74, 6) is 1.35. The van der Waals surface area contributed by atoms with Gasteiger partial charge in [-0.05, 0) is 30.2 Å². The van der Waals surface area contributed by atoms with Crippen molar-refractivity contribution in [1.82, 2.24) is 10.2 Å². The van der Waals surface area contributed by atoms with Crippen molar-refractivity contribution in [2.75, 3.05) is 44.7 Å². The van der Waals surface area contributed by atoms with E-state index in [1.54, 1.807) is 7.11 Å². The van der Waals surface area contributed by atoms with E-state index in [1.807, 2.05) is 17.0 Å². The standard InChI is InChI=1S/C16H25N3O2/c1-13(2)12-17-16(20)19-10-8-18(9-11-19)14-4-6-15(21-3)7-5-14/h4-7,13H,8-12H2,1-3H3,(H,17,20). The second kappa shape index (κ2) is 7.20. The monoisotopic (exact) mass is 291 g/mol. The van der Waals surface area contributed by atoms with E-state index >= 15 is 0 Å². The predicted molar refractivity (Wildman–Crippen MR) is 85.0 cm³/mol. The third kappa shape index (κ3) is 4.28. The Morgan fingerprint density at radius 1 is 1.19 bits per heavy atom. The Labute approximate surface area is 126 Å². The van der Waals surface area contributed by atoms with Crippen molar-refractivity contribution in [2.45, 2.75) is 13.8 Å². The lowest BCUT2D eigenvalue weighted by Gasteiger charge is -2.36. The Morgan fingerprint density at radius 2 is 1.81 bits per heavy atom. The van der Waals surface area contributed by atoms with Gasteiger partial charge < -0.3 is 19.9 Å². The summed E-state index contributed by atoms with van der Waals surface area (Å²) in [6.45, 7) is 8.18. The molecule has 21 heavy (non-hydrogen) atoms. The van der Waals surface area contributed by atoms with Crippen LogP contribution >= 0.6 is 0 Å². The average Bonchev–Trinajstić information content (AvgIpc) is 2.53. The molecule has 1 aromatic rings. The number of ether oxygens (including phenoxy) is 1. The zero-order chi connectivity index (χ0) is 15.2. The van der Waals surface area contributed by atoms with E-state index in [9.17, 15) is 4.79 Å². The molecule has 1 N–H and O–H groups in total. The fourth-order valence-corrected chi connectivity index (χ4v) is 2.36. The van der Waals surface area contributed by atoms with Crippen molar-refractivity contribution >= 4 is 11.7 Å². The van der Waals surface area contributed by atoms with Gasteiger partial charge in [-0.15, -0.1) is 0 Å². The van der Waals surface area contributed by atoms with Gasteiger partial charge >= 0.3 is 6.03 Å². The molecule has 1 aliphatic rings. The molecule has 0 saturated carbocycles. The Bertz CT molecular complexity index is 451. The van der Waals surface area contributed by atoms with Crippen LogP contribution < -0.4 is 15.0 Å². The van der Waals surface area contributed by atoms with Gasteiger partial charge in [-0.25, -0.2) is 4.79 Å². The smallest absolute Gasteiger partial charge is 0.317 e. The molecule has 2 amide bonds. The lowest BCUT2D eigenvalue weighted by atomic mass is 10.2. The third-order valence-corrected chi connectivity index (χ3v) is 3.67. The van der Waals surface area contributed by atoms with Gasteiger partial charge in [0.1, 0.15) is 5.75 Å². The van der Waals surface area contributed by atoms with Crippen molar-refractivity contribution in [1.29, 1.82) is 0 Å². The number of carbonyl (C=O) groups is 1. The van der Waals surface area contributed by atoms with Gasteiger partial charge in [0.15, 0.2) is 0 Å². The Morgan fingerprint density at radius 3 is 2.33 bits per heavy atom. The Hall–Kier alpha value is -1.91. The highest BCUT2D eigenvalue weighted by molar-refractivity contribution is 5.74. The van der Waals surface area contributed by atoms with Crippen LogP contribution in [0.2, 0.25) is 0 Å². The van der Waals surface area contributed by atoms with E-state index < -0.39 is 0 Å². The molecule has 0 spiro atoms. The number of piperazine rings is 1. The van der Waals surface area contributed by atoms with Crippen LogP contribution in [0.3, 0.4) is 0 Å². The topological polar surface area (TPSA) is 44.8 Å². The molecule has 0 aliphatic carbocycles. The molecule has 1 saturated heterocycles. The molecular formula is C16H25N3O2. The van der Waals surface area contributed by atoms with Crippen molar-refractivity contribution in [3.8, 4) is 5.75 Å². The normalized spacial score (nSPS) is 15.2. The maximum absolute atomic E-state index is 12.0. The molecule has 0 radical (unpaired) electrons. The number of rotatable bonds is 4. The molecule has 1 heterocycles. The summed E-state index contributed by atoms with van der Waals surface area (Å²) in [5, 5.41) is 2.97. The fourth-order valence-electron chi connectivity index (χ4n) is 2.36. The average molecular weight is 291 g/mol. The van der Waals surface area contributed by atoms with Gasteiger partial charge in [0.25, 0.3) is 0 Å². The van der Waals surface area contributed by atoms with Gasteiger partial charge in [0, 0.05) is 38.4 Å². The number of nitrogens with zero attached hydrogens (tertiary/aromatic N) is 2. The predicted octanol–water partition coefficient (Wildman–Crippen LogP) is 2.18. The van der Waals surface area contributed by atoms with E-state index in [1.165, 1.54) is 5.69 Å². The number of hydrogen-bond acceptors (Lipinski definition) is 3. The molecule has 0 atom stereocenters. The summed E-state index contributed by atoms with van der Waals surface area (Å²) in [7, 11) is 1.67. The minimum Gasteiger partial charge on any atom is -0.497 e. The van der Waals surface area contributed by atoms with E-state index in [0.29, 0.717) is 5.92 Å². The first-order valence-electron chi connectivity index (χ1n) is 7.52. The number of methoxy groups -OCH3 is 1. The molecule has 1 aromatic carbocycles. The first-order valence-corrected chi connectivity index (χ1v) is 7.52. The summed E-state index contributed by atoms with van der Waals surface area (Å²) in [6, 6.07) is 8.12. The van der Waals surface area contributed by atoms with Crippen LogP contribution in [0.4, 0.5) is 10.5 Å². The summed E-state index contributed by atoms with van der Waals surface area (Å²) in [6.07, 6.45) is 0. The lowest BCUT2D eigenvalue weighted by molar-refractivity contribution is 0.193. The fraction of sp³-hybridized carbons (Fsp3) is 0.562. The van der Waals surface area contributed by atoms with E-state index in [2.05, 4.69) is 36.2 Å². The largest absolute Gasteiger partial charge is 0.497 e. The first-order chi connectivity index (χ1) is 10.1. The van der Waals surface area contributed by atoms with Crippen LogP contribution in [0.5, 0.6) is 5.75 Å². The summed E-state index contributed by atoms with van der Waals surface area (Å²) in [5.41, 5.74) is 1.18. The molecule has 116 valence electrons. The van der Waals surface area contributed by atoms with Crippen molar-refractivity contribution < 1.29 is 9.53 Å². The van der Waals surface area contributed by atoms with Crippen LogP contribution in [-0.2, 0) is 0 Å². The second-order valence-electron chi connectivity index (χ2n) is 5.75. The highest BCUT2D eigenvalue weighted by Crippen LogP contribution is 2.20. The molecule has 5 nitrogen and oxygen atoms in total. The van der Waals surface area contributed by atoms with Crippen LogP contribution in [0, 0.1) is 5.92 Å². The maximum Gasteiger partial charge on any atom is 0.317 e. The number of anilines is 1. The van der Waals surface area contributed by atoms with Crippen LogP contribution in [-0.4, -0.2) is 50.8 Å². The van der Waals surface area contributed by atoms with Crippen molar-refractivity contribution in [2.24, 2.45) is 5.92 Å². The van der Waals surface area contributed by atoms with Crippen LogP contribution in [0.25, 0.3) is 0 Å². The zero-order valence-electron chi connectivity index (χ0n) is 13.1. The first kappa shape index (κ1) is 15.5. The minimum atomic E-state index is 0.0538. The second-order valence-corrected chi connectivity index (χ2v) is 5.75. The summed E-state index contributed by atoms with van der Waals surface area (Å²) >= 11 is 0. The van der Waals surface area contributed by atoms with Gasteiger partial charge in [-0.2, -0.15) is 0 Å². The highest BCUT2D eigenvalue weighted by atomic mass is 16.5. The number of carbonyl (C=O) groups excluding carboxylic acids is 1. The molecule has 0 bridgehead atoms. The molecule has 0 unspecified atom stereocenters. The lowest BCUT2D eigenvalue weighted by Crippen LogP contribution is -2.52. The molecular weight excluding hydrogens is 266 g/mol. The SMILES string of the molecule is COc1ccc(N2CCN(C(=O)NCC(C)C)CC2)cc1. The van der Waals surface area contributed by atoms with Gasteiger partial charge in [-0.1, -0.05) is 13.8 Å². The van der Waals surface area contributed by atoms with Crippen LogP contribution in [0.1, 0.15) is 13.8 Å². The van der Waals surface area contributed by atoms with Crippen molar-refractivity contribution in [3.63, 3.8) is 0 Å². The quantitative estimate of drug-likeness (QED) is 0.925. The third-order valence-electron chi connectivity index (χ3n) is 3.67. The Balaban J connectivity index is 1.83. The molecule has 1 aliphatic heterocycles. The highest BCUT2D eigenvalue weighted by Gasteiger charge is 2.21. The van der Waals surface area contributed by atoms with Gasteiger partial charge in [-0.3, -0.25) is 0 Å².